The van der Waals surface area contributed by atoms with Gasteiger partial charge in [-0.3, -0.25) is 4.79 Å². The van der Waals surface area contributed by atoms with Crippen molar-refractivity contribution in [2.45, 2.75) is 6.36 Å². The van der Waals surface area contributed by atoms with Gasteiger partial charge in [-0.05, 0) is 35.9 Å². The maximum atomic E-state index is 12.2. The van der Waals surface area contributed by atoms with Gasteiger partial charge in [0.05, 0.1) is 13.7 Å². The minimum atomic E-state index is -4.73. The summed E-state index contributed by atoms with van der Waals surface area (Å²) < 4.78 is 50.6. The lowest BCUT2D eigenvalue weighted by molar-refractivity contribution is -0.274. The number of alkyl halides is 3. The monoisotopic (exact) mass is 395 g/mol. The molecular weight excluding hydrogens is 375 g/mol. The second-order valence-corrected chi connectivity index (χ2v) is 5.66. The van der Waals surface area contributed by atoms with E-state index >= 15 is 0 Å². The van der Waals surface area contributed by atoms with E-state index in [9.17, 15) is 18.0 Å². The molecule has 0 saturated heterocycles. The van der Waals surface area contributed by atoms with Gasteiger partial charge in [-0.2, -0.15) is 0 Å². The number of hydrogen-bond acceptors (Lipinski definition) is 4. The highest BCUT2D eigenvalue weighted by atomic mass is 19.4. The van der Waals surface area contributed by atoms with Gasteiger partial charge < -0.3 is 19.5 Å². The van der Waals surface area contributed by atoms with E-state index < -0.39 is 6.36 Å². The van der Waals surface area contributed by atoms with Crippen LogP contribution in [-0.4, -0.2) is 39.6 Å². The summed E-state index contributed by atoms with van der Waals surface area (Å²) in [6.07, 6.45) is -1.32. The number of methoxy groups -OCH3 is 2. The SMILES string of the molecule is COCCNC(=O)c1ccc(OC)c(C=Cc2ccc(OC(F)(F)F)cc2)c1. The Morgan fingerprint density at radius 3 is 2.39 bits per heavy atom. The predicted molar refractivity (Wildman–Crippen MR) is 99.3 cm³/mol. The molecule has 28 heavy (non-hydrogen) atoms. The van der Waals surface area contributed by atoms with Gasteiger partial charge in [0, 0.05) is 24.8 Å². The zero-order chi connectivity index (χ0) is 20.6. The molecule has 2 rings (SSSR count). The van der Waals surface area contributed by atoms with Crippen LogP contribution in [0.1, 0.15) is 21.5 Å². The average Bonchev–Trinajstić information content (AvgIpc) is 2.66. The minimum absolute atomic E-state index is 0.247. The third-order valence-electron chi connectivity index (χ3n) is 3.65. The number of ether oxygens (including phenoxy) is 3. The van der Waals surface area contributed by atoms with Crippen molar-refractivity contribution in [3.05, 3.63) is 59.2 Å². The second-order valence-electron chi connectivity index (χ2n) is 5.66. The van der Waals surface area contributed by atoms with Crippen LogP contribution in [-0.2, 0) is 4.74 Å². The Morgan fingerprint density at radius 2 is 1.79 bits per heavy atom. The molecule has 0 aliphatic rings. The quantitative estimate of drug-likeness (QED) is 0.539. The van der Waals surface area contributed by atoms with Crippen molar-refractivity contribution in [1.82, 2.24) is 5.32 Å². The van der Waals surface area contributed by atoms with Crippen molar-refractivity contribution < 1.29 is 32.2 Å². The normalized spacial score (nSPS) is 11.5. The van der Waals surface area contributed by atoms with Crippen LogP contribution in [0, 0.1) is 0 Å². The first-order chi connectivity index (χ1) is 13.3. The highest BCUT2D eigenvalue weighted by molar-refractivity contribution is 5.95. The molecule has 2 aromatic rings. The van der Waals surface area contributed by atoms with Crippen LogP contribution >= 0.6 is 0 Å². The molecule has 150 valence electrons. The number of halogens is 3. The van der Waals surface area contributed by atoms with E-state index in [1.807, 2.05) is 0 Å². The maximum Gasteiger partial charge on any atom is 0.573 e. The Balaban J connectivity index is 2.15. The van der Waals surface area contributed by atoms with E-state index in [0.29, 0.717) is 35.6 Å². The van der Waals surface area contributed by atoms with Gasteiger partial charge in [0.1, 0.15) is 11.5 Å². The zero-order valence-electron chi connectivity index (χ0n) is 15.4. The molecule has 1 amide bonds. The fraction of sp³-hybridized carbons (Fsp3) is 0.250. The molecule has 0 fully saturated rings. The number of hydrogen-bond donors (Lipinski definition) is 1. The van der Waals surface area contributed by atoms with Crippen molar-refractivity contribution in [2.75, 3.05) is 27.4 Å². The Hall–Kier alpha value is -3.00. The van der Waals surface area contributed by atoms with Crippen molar-refractivity contribution in [1.29, 1.82) is 0 Å². The van der Waals surface area contributed by atoms with E-state index in [2.05, 4.69) is 10.1 Å². The molecule has 0 saturated carbocycles. The Labute approximate surface area is 160 Å². The molecule has 5 nitrogen and oxygen atoms in total. The summed E-state index contributed by atoms with van der Waals surface area (Å²) in [4.78, 5) is 12.2. The topological polar surface area (TPSA) is 56.8 Å². The summed E-state index contributed by atoms with van der Waals surface area (Å²) in [5, 5.41) is 2.73. The highest BCUT2D eigenvalue weighted by Crippen LogP contribution is 2.25. The van der Waals surface area contributed by atoms with E-state index in [-0.39, 0.29) is 11.7 Å². The molecule has 0 aliphatic heterocycles. The van der Waals surface area contributed by atoms with Gasteiger partial charge in [0.2, 0.25) is 0 Å². The summed E-state index contributed by atoms with van der Waals surface area (Å²) >= 11 is 0. The number of amides is 1. The smallest absolute Gasteiger partial charge is 0.496 e. The van der Waals surface area contributed by atoms with E-state index in [1.54, 1.807) is 37.5 Å². The number of benzene rings is 2. The van der Waals surface area contributed by atoms with Crippen molar-refractivity contribution in [2.24, 2.45) is 0 Å². The van der Waals surface area contributed by atoms with Gasteiger partial charge in [-0.25, -0.2) is 0 Å². The molecule has 0 aliphatic carbocycles. The van der Waals surface area contributed by atoms with E-state index in [1.165, 1.54) is 31.4 Å². The summed E-state index contributed by atoms with van der Waals surface area (Å²) in [5.74, 6) is 0.0154. The summed E-state index contributed by atoms with van der Waals surface area (Å²) in [7, 11) is 3.05. The van der Waals surface area contributed by atoms with Gasteiger partial charge in [0.25, 0.3) is 5.91 Å². The van der Waals surface area contributed by atoms with Crippen molar-refractivity contribution in [3.8, 4) is 11.5 Å². The third-order valence-corrected chi connectivity index (χ3v) is 3.65. The molecule has 0 atom stereocenters. The lowest BCUT2D eigenvalue weighted by atomic mass is 10.1. The van der Waals surface area contributed by atoms with Crippen LogP contribution in [0.25, 0.3) is 12.2 Å². The van der Waals surface area contributed by atoms with Crippen molar-refractivity contribution >= 4 is 18.1 Å². The molecule has 2 aromatic carbocycles. The first-order valence-electron chi connectivity index (χ1n) is 8.31. The Morgan fingerprint density at radius 1 is 1.07 bits per heavy atom. The maximum absolute atomic E-state index is 12.2. The van der Waals surface area contributed by atoms with E-state index in [4.69, 9.17) is 9.47 Å². The van der Waals surface area contributed by atoms with Gasteiger partial charge in [-0.15, -0.1) is 13.2 Å². The molecule has 8 heteroatoms. The van der Waals surface area contributed by atoms with E-state index in [0.717, 1.165) is 0 Å². The molecule has 0 spiro atoms. The average molecular weight is 395 g/mol. The molecule has 1 N–H and O–H groups in total. The largest absolute Gasteiger partial charge is 0.573 e. The Bertz CT molecular complexity index is 817. The van der Waals surface area contributed by atoms with Crippen LogP contribution in [0.3, 0.4) is 0 Å². The number of nitrogens with one attached hydrogen (secondary N) is 1. The van der Waals surface area contributed by atoms with Crippen LogP contribution < -0.4 is 14.8 Å². The predicted octanol–water partition coefficient (Wildman–Crippen LogP) is 4.14. The van der Waals surface area contributed by atoms with Crippen LogP contribution in [0.15, 0.2) is 42.5 Å². The summed E-state index contributed by atoms with van der Waals surface area (Å²) in [6, 6.07) is 10.4. The molecule has 0 heterocycles. The molecule has 0 unspecified atom stereocenters. The molecule has 0 bridgehead atoms. The summed E-state index contributed by atoms with van der Waals surface area (Å²) in [6.45, 7) is 0.793. The van der Waals surface area contributed by atoms with Crippen LogP contribution in [0.2, 0.25) is 0 Å². The van der Waals surface area contributed by atoms with Gasteiger partial charge in [-0.1, -0.05) is 24.3 Å². The van der Waals surface area contributed by atoms with Crippen molar-refractivity contribution in [3.63, 3.8) is 0 Å². The zero-order valence-corrected chi connectivity index (χ0v) is 15.4. The van der Waals surface area contributed by atoms with Gasteiger partial charge >= 0.3 is 6.36 Å². The fourth-order valence-corrected chi connectivity index (χ4v) is 2.34. The number of carbonyl (C=O) groups is 1. The van der Waals surface area contributed by atoms with Crippen LogP contribution in [0.4, 0.5) is 13.2 Å². The highest BCUT2D eigenvalue weighted by Gasteiger charge is 2.30. The van der Waals surface area contributed by atoms with Crippen LogP contribution in [0.5, 0.6) is 11.5 Å². The molecular formula is C20H20F3NO4. The van der Waals surface area contributed by atoms with Gasteiger partial charge in [0.15, 0.2) is 0 Å². The first kappa shape index (κ1) is 21.3. The standard InChI is InChI=1S/C20H20F3NO4/c1-26-12-11-24-19(25)16-7-10-18(27-2)15(13-16)6-3-14-4-8-17(9-5-14)28-20(21,22)23/h3-10,13H,11-12H2,1-2H3,(H,24,25). The lowest BCUT2D eigenvalue weighted by Gasteiger charge is -2.09. The Kier molecular flexibility index (Phi) is 7.45. The third kappa shape index (κ3) is 6.62. The fourth-order valence-electron chi connectivity index (χ4n) is 2.34. The summed E-state index contributed by atoms with van der Waals surface area (Å²) in [5.41, 5.74) is 1.76. The first-order valence-corrected chi connectivity index (χ1v) is 8.31. The molecule has 0 aromatic heterocycles. The second kappa shape index (κ2) is 9.80. The minimum Gasteiger partial charge on any atom is -0.496 e. The lowest BCUT2D eigenvalue weighted by Crippen LogP contribution is -2.26. The molecule has 0 radical (unpaired) electrons. The number of carbonyl (C=O) groups excluding carboxylic acids is 1. The number of rotatable bonds is 8.